The van der Waals surface area contributed by atoms with Crippen molar-refractivity contribution in [2.75, 3.05) is 34.3 Å². The number of benzene rings is 1. The van der Waals surface area contributed by atoms with E-state index in [9.17, 15) is 13.2 Å². The molecule has 8 heteroatoms. The van der Waals surface area contributed by atoms with Crippen molar-refractivity contribution in [3.63, 3.8) is 0 Å². The molecule has 0 radical (unpaired) electrons. The Labute approximate surface area is 169 Å². The first-order chi connectivity index (χ1) is 13.0. The molecule has 0 aliphatic heterocycles. The van der Waals surface area contributed by atoms with Crippen LogP contribution in [0.3, 0.4) is 0 Å². The van der Waals surface area contributed by atoms with E-state index in [1.54, 1.807) is 30.9 Å². The summed E-state index contributed by atoms with van der Waals surface area (Å²) < 4.78 is 34.8. The van der Waals surface area contributed by atoms with E-state index < -0.39 is 15.4 Å². The lowest BCUT2D eigenvalue weighted by molar-refractivity contribution is -0.132. The smallest absolute Gasteiger partial charge is 0.311 e. The highest BCUT2D eigenvalue weighted by molar-refractivity contribution is 7.87. The minimum absolute atomic E-state index is 0.0740. The topological polar surface area (TPSA) is 76.2 Å². The van der Waals surface area contributed by atoms with Gasteiger partial charge in [-0.1, -0.05) is 19.9 Å². The number of carbonyl (C=O) groups is 1. The number of amides is 1. The molecular weight excluding hydrogens is 380 g/mol. The lowest BCUT2D eigenvalue weighted by atomic mass is 10.1. The number of ether oxygens (including phenoxy) is 1. The Hall–Kier alpha value is -1.80. The number of carbonyl (C=O) groups excluding carboxylic acids is 1. The van der Waals surface area contributed by atoms with Crippen LogP contribution in [0.15, 0.2) is 18.2 Å². The molecule has 0 bridgehead atoms. The van der Waals surface area contributed by atoms with Crippen LogP contribution in [0, 0.1) is 5.92 Å². The molecule has 28 heavy (non-hydrogen) atoms. The molecule has 0 aliphatic rings. The normalized spacial score (nSPS) is 11.9. The van der Waals surface area contributed by atoms with Crippen molar-refractivity contribution in [2.45, 2.75) is 45.9 Å². The van der Waals surface area contributed by atoms with Gasteiger partial charge < -0.3 is 18.7 Å². The Balaban J connectivity index is 3.11. The zero-order chi connectivity index (χ0) is 21.5. The fourth-order valence-electron chi connectivity index (χ4n) is 2.42. The first kappa shape index (κ1) is 24.2. The number of likely N-dealkylation sites (N-methyl/N-ethyl adjacent to an activating group) is 1. The van der Waals surface area contributed by atoms with E-state index >= 15 is 0 Å². The van der Waals surface area contributed by atoms with E-state index in [-0.39, 0.29) is 17.6 Å². The maximum atomic E-state index is 12.7. The Morgan fingerprint density at radius 1 is 1.07 bits per heavy atom. The maximum Gasteiger partial charge on any atom is 0.311 e. The molecule has 0 saturated carbocycles. The van der Waals surface area contributed by atoms with Crippen LogP contribution in [0.4, 0.5) is 0 Å². The molecule has 0 aromatic heterocycles. The molecule has 0 aliphatic carbocycles. The minimum Gasteiger partial charge on any atom is -0.493 e. The lowest BCUT2D eigenvalue weighted by Crippen LogP contribution is -2.36. The van der Waals surface area contributed by atoms with E-state index in [4.69, 9.17) is 8.92 Å². The summed E-state index contributed by atoms with van der Waals surface area (Å²) in [4.78, 5) is 16.5. The van der Waals surface area contributed by atoms with Gasteiger partial charge in [-0.05, 0) is 51.6 Å². The van der Waals surface area contributed by atoms with Gasteiger partial charge in [0, 0.05) is 26.1 Å². The van der Waals surface area contributed by atoms with Crippen molar-refractivity contribution in [3.8, 4) is 11.5 Å². The van der Waals surface area contributed by atoms with Gasteiger partial charge in [0.15, 0.2) is 11.5 Å². The van der Waals surface area contributed by atoms with Crippen LogP contribution in [-0.4, -0.2) is 63.7 Å². The zero-order valence-corrected chi connectivity index (χ0v) is 18.9. The molecule has 1 aromatic rings. The molecule has 7 nitrogen and oxygen atoms in total. The molecular formula is C20H34N2O5S. The monoisotopic (exact) mass is 414 g/mol. The fraction of sp³-hybridized carbons (Fsp3) is 0.650. The molecule has 0 saturated heterocycles. The third-order valence-electron chi connectivity index (χ3n) is 4.14. The summed E-state index contributed by atoms with van der Waals surface area (Å²) in [5, 5.41) is -0.676. The first-order valence-corrected chi connectivity index (χ1v) is 11.0. The van der Waals surface area contributed by atoms with Crippen LogP contribution in [0.5, 0.6) is 11.5 Å². The van der Waals surface area contributed by atoms with Gasteiger partial charge in [0.25, 0.3) is 0 Å². The van der Waals surface area contributed by atoms with Crippen molar-refractivity contribution >= 4 is 16.0 Å². The highest BCUT2D eigenvalue weighted by Gasteiger charge is 2.22. The minimum atomic E-state index is -3.75. The molecule has 1 aromatic carbocycles. The second kappa shape index (κ2) is 10.7. The van der Waals surface area contributed by atoms with E-state index in [2.05, 4.69) is 0 Å². The lowest BCUT2D eigenvalue weighted by Gasteiger charge is -2.26. The summed E-state index contributed by atoms with van der Waals surface area (Å²) in [6, 6.07) is 5.11. The quantitative estimate of drug-likeness (QED) is 0.518. The Kier molecular flexibility index (Phi) is 9.23. The van der Waals surface area contributed by atoms with Crippen LogP contribution >= 0.6 is 0 Å². The molecule has 1 rings (SSSR count). The zero-order valence-electron chi connectivity index (χ0n) is 18.1. The summed E-state index contributed by atoms with van der Waals surface area (Å²) in [6.45, 7) is 8.84. The van der Waals surface area contributed by atoms with Crippen LogP contribution < -0.4 is 8.92 Å². The van der Waals surface area contributed by atoms with Gasteiger partial charge in [0.05, 0.1) is 12.4 Å². The Bertz CT molecular complexity index is 745. The van der Waals surface area contributed by atoms with E-state index in [1.807, 2.05) is 38.9 Å². The highest BCUT2D eigenvalue weighted by Crippen LogP contribution is 2.30. The Morgan fingerprint density at radius 2 is 1.71 bits per heavy atom. The van der Waals surface area contributed by atoms with Crippen LogP contribution in [0.25, 0.3) is 0 Å². The predicted molar refractivity (Wildman–Crippen MR) is 111 cm³/mol. The number of hydrogen-bond acceptors (Lipinski definition) is 6. The maximum absolute atomic E-state index is 12.7. The Morgan fingerprint density at radius 3 is 2.21 bits per heavy atom. The molecule has 0 unspecified atom stereocenters. The summed E-state index contributed by atoms with van der Waals surface area (Å²) >= 11 is 0. The van der Waals surface area contributed by atoms with Gasteiger partial charge in [0.1, 0.15) is 0 Å². The second-order valence-electron chi connectivity index (χ2n) is 7.83. The molecule has 0 spiro atoms. The summed E-state index contributed by atoms with van der Waals surface area (Å²) in [6.07, 6.45) is 0.467. The van der Waals surface area contributed by atoms with Gasteiger partial charge in [-0.2, -0.15) is 8.42 Å². The van der Waals surface area contributed by atoms with Crippen LogP contribution in [-0.2, 0) is 21.5 Å². The number of nitrogens with zero attached hydrogens (tertiary/aromatic N) is 2. The van der Waals surface area contributed by atoms with Crippen molar-refractivity contribution in [2.24, 2.45) is 5.92 Å². The van der Waals surface area contributed by atoms with Gasteiger partial charge >= 0.3 is 10.1 Å². The van der Waals surface area contributed by atoms with Crippen LogP contribution in [0.2, 0.25) is 0 Å². The van der Waals surface area contributed by atoms with Gasteiger partial charge in [0.2, 0.25) is 5.91 Å². The highest BCUT2D eigenvalue weighted by atomic mass is 32.2. The largest absolute Gasteiger partial charge is 0.493 e. The molecule has 0 atom stereocenters. The third kappa shape index (κ3) is 7.67. The number of hydrogen-bond donors (Lipinski definition) is 0. The van der Waals surface area contributed by atoms with Crippen molar-refractivity contribution in [1.82, 2.24) is 9.80 Å². The third-order valence-corrected chi connectivity index (χ3v) is 5.70. The molecule has 1 amide bonds. The number of methoxy groups -OCH3 is 1. The van der Waals surface area contributed by atoms with Crippen molar-refractivity contribution < 1.29 is 22.1 Å². The first-order valence-electron chi connectivity index (χ1n) is 9.49. The van der Waals surface area contributed by atoms with Gasteiger partial charge in [-0.15, -0.1) is 0 Å². The molecule has 0 heterocycles. The molecule has 0 fully saturated rings. The molecule has 0 N–H and O–H groups in total. The average molecular weight is 415 g/mol. The van der Waals surface area contributed by atoms with E-state index in [1.165, 1.54) is 7.11 Å². The summed E-state index contributed by atoms with van der Waals surface area (Å²) in [5.41, 5.74) is 0.783. The SMILES string of the molecule is COc1ccc(CN(CCN(C)C)C(=O)CC(C)C)cc1OS(=O)(=O)C(C)C. The van der Waals surface area contributed by atoms with Gasteiger partial charge in [-0.3, -0.25) is 4.79 Å². The van der Waals surface area contributed by atoms with E-state index in [0.29, 0.717) is 25.3 Å². The number of rotatable bonds is 11. The standard InChI is InChI=1S/C20H34N2O5S/c1-15(2)12-20(23)22(11-10-21(5)6)14-17-8-9-18(26-7)19(13-17)27-28(24,25)16(3)4/h8-9,13,15-16H,10-12,14H2,1-7H3. The summed E-state index contributed by atoms with van der Waals surface area (Å²) in [5.74, 6) is 0.809. The summed E-state index contributed by atoms with van der Waals surface area (Å²) in [7, 11) is 1.63. The van der Waals surface area contributed by atoms with E-state index in [0.717, 1.165) is 12.1 Å². The fourth-order valence-corrected chi connectivity index (χ4v) is 2.99. The van der Waals surface area contributed by atoms with Crippen molar-refractivity contribution in [1.29, 1.82) is 0 Å². The van der Waals surface area contributed by atoms with Crippen molar-refractivity contribution in [3.05, 3.63) is 23.8 Å². The second-order valence-corrected chi connectivity index (χ2v) is 9.92. The van der Waals surface area contributed by atoms with Crippen LogP contribution in [0.1, 0.15) is 39.7 Å². The predicted octanol–water partition coefficient (Wildman–Crippen LogP) is 2.75. The average Bonchev–Trinajstić information content (AvgIpc) is 2.57. The molecule has 160 valence electrons. The van der Waals surface area contributed by atoms with Gasteiger partial charge in [-0.25, -0.2) is 0 Å².